The lowest BCUT2D eigenvalue weighted by atomic mass is 9.96. The molecule has 0 radical (unpaired) electrons. The third-order valence-electron chi connectivity index (χ3n) is 5.20. The van der Waals surface area contributed by atoms with Crippen molar-refractivity contribution in [1.29, 1.82) is 0 Å². The zero-order valence-corrected chi connectivity index (χ0v) is 16.3. The largest absolute Gasteiger partial charge is 0.455 e. The summed E-state index contributed by atoms with van der Waals surface area (Å²) in [5.41, 5.74) is 1.57. The number of nitro groups is 1. The molecule has 0 unspecified atom stereocenters. The number of esters is 1. The van der Waals surface area contributed by atoms with Gasteiger partial charge in [-0.05, 0) is 18.9 Å². The second-order valence-corrected chi connectivity index (χ2v) is 7.10. The van der Waals surface area contributed by atoms with Crippen LogP contribution in [0.3, 0.4) is 0 Å². The lowest BCUT2D eigenvalue weighted by Gasteiger charge is -2.32. The highest BCUT2D eigenvalue weighted by Crippen LogP contribution is 2.31. The zero-order chi connectivity index (χ0) is 20.9. The van der Waals surface area contributed by atoms with Crippen molar-refractivity contribution in [3.8, 4) is 11.3 Å². The number of nitro benzene ring substituents is 1. The van der Waals surface area contributed by atoms with Crippen LogP contribution in [-0.2, 0) is 16.1 Å². The first kappa shape index (κ1) is 19.6. The second kappa shape index (κ2) is 8.77. The molecule has 0 amide bonds. The number of hydrogen-bond acceptors (Lipinski definition) is 7. The molecule has 0 bridgehead atoms. The van der Waals surface area contributed by atoms with Crippen molar-refractivity contribution in [2.75, 3.05) is 18.0 Å². The quantitative estimate of drug-likeness (QED) is 0.343. The number of para-hydroxylation sites is 2. The number of piperidine rings is 1. The van der Waals surface area contributed by atoms with Gasteiger partial charge in [0.05, 0.1) is 17.0 Å². The van der Waals surface area contributed by atoms with Crippen LogP contribution in [0.15, 0.2) is 65.2 Å². The Kier molecular flexibility index (Phi) is 5.74. The first-order chi connectivity index (χ1) is 14.6. The van der Waals surface area contributed by atoms with Crippen LogP contribution in [0.4, 0.5) is 11.4 Å². The summed E-state index contributed by atoms with van der Waals surface area (Å²) >= 11 is 0. The minimum atomic E-state index is -0.379. The molecule has 0 saturated carbocycles. The lowest BCUT2D eigenvalue weighted by Crippen LogP contribution is -2.37. The van der Waals surface area contributed by atoms with Gasteiger partial charge in [-0.3, -0.25) is 14.9 Å². The summed E-state index contributed by atoms with van der Waals surface area (Å²) in [6, 6.07) is 16.2. The number of hydrogen-bond donors (Lipinski definition) is 0. The maximum atomic E-state index is 12.4. The number of benzene rings is 2. The average molecular weight is 407 g/mol. The summed E-state index contributed by atoms with van der Waals surface area (Å²) in [6.07, 6.45) is 2.77. The third-order valence-corrected chi connectivity index (χ3v) is 5.20. The van der Waals surface area contributed by atoms with Crippen LogP contribution < -0.4 is 4.90 Å². The summed E-state index contributed by atoms with van der Waals surface area (Å²) < 4.78 is 11.1. The summed E-state index contributed by atoms with van der Waals surface area (Å²) in [5.74, 6) is 0.434. The average Bonchev–Trinajstić information content (AvgIpc) is 3.27. The molecule has 3 aromatic rings. The van der Waals surface area contributed by atoms with Gasteiger partial charge in [-0.1, -0.05) is 42.5 Å². The van der Waals surface area contributed by atoms with Crippen LogP contribution in [0.5, 0.6) is 0 Å². The summed E-state index contributed by atoms with van der Waals surface area (Å²) in [5, 5.41) is 11.2. The van der Waals surface area contributed by atoms with Crippen molar-refractivity contribution in [3.05, 3.63) is 76.8 Å². The van der Waals surface area contributed by atoms with E-state index in [4.69, 9.17) is 9.15 Å². The van der Waals surface area contributed by atoms with Crippen molar-refractivity contribution >= 4 is 17.3 Å². The Morgan fingerprint density at radius 1 is 1.13 bits per heavy atom. The van der Waals surface area contributed by atoms with E-state index in [1.807, 2.05) is 35.2 Å². The number of rotatable bonds is 6. The van der Waals surface area contributed by atoms with Gasteiger partial charge in [-0.2, -0.15) is 0 Å². The standard InChI is InChI=1S/C22H21N3O5/c26-22(29-15-21-23-14-20(30-21)16-6-2-1-3-7-16)17-10-12-24(13-11-17)18-8-4-5-9-19(18)25(27)28/h1-9,14,17H,10-13,15H2. The van der Waals surface area contributed by atoms with Gasteiger partial charge in [-0.15, -0.1) is 0 Å². The maximum Gasteiger partial charge on any atom is 0.309 e. The maximum absolute atomic E-state index is 12.4. The predicted molar refractivity (Wildman–Crippen MR) is 110 cm³/mol. The Balaban J connectivity index is 1.30. The van der Waals surface area contributed by atoms with Gasteiger partial charge in [0.2, 0.25) is 5.89 Å². The van der Waals surface area contributed by atoms with E-state index in [1.54, 1.807) is 24.4 Å². The number of aromatic nitrogens is 1. The molecule has 2 aromatic carbocycles. The topological polar surface area (TPSA) is 98.7 Å². The fourth-order valence-electron chi connectivity index (χ4n) is 3.61. The molecular formula is C22H21N3O5. The van der Waals surface area contributed by atoms with E-state index in [0.29, 0.717) is 43.3 Å². The zero-order valence-electron chi connectivity index (χ0n) is 16.3. The summed E-state index contributed by atoms with van der Waals surface area (Å²) in [4.78, 5) is 29.4. The SMILES string of the molecule is O=C(OCc1ncc(-c2ccccc2)o1)C1CCN(c2ccccc2[N+](=O)[O-])CC1. The molecule has 2 heterocycles. The highest BCUT2D eigenvalue weighted by Gasteiger charge is 2.29. The molecule has 1 aliphatic rings. The molecule has 1 aromatic heterocycles. The highest BCUT2D eigenvalue weighted by molar-refractivity contribution is 5.73. The molecule has 4 rings (SSSR count). The number of oxazole rings is 1. The lowest BCUT2D eigenvalue weighted by molar-refractivity contribution is -0.384. The van der Waals surface area contributed by atoms with Crippen molar-refractivity contribution in [3.63, 3.8) is 0 Å². The van der Waals surface area contributed by atoms with Gasteiger partial charge in [0, 0.05) is 24.7 Å². The van der Waals surface area contributed by atoms with Gasteiger partial charge < -0.3 is 14.1 Å². The van der Waals surface area contributed by atoms with Crippen molar-refractivity contribution in [1.82, 2.24) is 4.98 Å². The number of ether oxygens (including phenoxy) is 1. The van der Waals surface area contributed by atoms with Crippen LogP contribution >= 0.6 is 0 Å². The fourth-order valence-corrected chi connectivity index (χ4v) is 3.61. The smallest absolute Gasteiger partial charge is 0.309 e. The van der Waals surface area contributed by atoms with E-state index >= 15 is 0 Å². The summed E-state index contributed by atoms with van der Waals surface area (Å²) in [6.45, 7) is 1.10. The van der Waals surface area contributed by atoms with E-state index in [9.17, 15) is 14.9 Å². The molecule has 0 spiro atoms. The first-order valence-corrected chi connectivity index (χ1v) is 9.77. The Labute approximate surface area is 173 Å². The number of carbonyl (C=O) groups excluding carboxylic acids is 1. The van der Waals surface area contributed by atoms with Crippen molar-refractivity contribution < 1.29 is 18.9 Å². The number of nitrogens with zero attached hydrogens (tertiary/aromatic N) is 3. The molecule has 0 N–H and O–H groups in total. The van der Waals surface area contributed by atoms with Crippen molar-refractivity contribution in [2.24, 2.45) is 5.92 Å². The molecule has 1 aliphatic heterocycles. The Morgan fingerprint density at radius 2 is 1.83 bits per heavy atom. The Bertz CT molecular complexity index is 1030. The van der Waals surface area contributed by atoms with Gasteiger partial charge in [-0.25, -0.2) is 4.98 Å². The fraction of sp³-hybridized carbons (Fsp3) is 0.273. The normalized spacial score (nSPS) is 14.5. The molecule has 154 valence electrons. The first-order valence-electron chi connectivity index (χ1n) is 9.77. The van der Waals surface area contributed by atoms with Crippen LogP contribution in [0.1, 0.15) is 18.7 Å². The number of carbonyl (C=O) groups is 1. The highest BCUT2D eigenvalue weighted by atomic mass is 16.6. The summed E-state index contributed by atoms with van der Waals surface area (Å²) in [7, 11) is 0. The van der Waals surface area contributed by atoms with E-state index < -0.39 is 0 Å². The monoisotopic (exact) mass is 407 g/mol. The minimum absolute atomic E-state index is 0.0178. The minimum Gasteiger partial charge on any atom is -0.455 e. The predicted octanol–water partition coefficient (Wildman–Crippen LogP) is 4.21. The molecular weight excluding hydrogens is 386 g/mol. The molecule has 0 aliphatic carbocycles. The third kappa shape index (κ3) is 4.32. The molecule has 1 saturated heterocycles. The van der Waals surface area contributed by atoms with E-state index in [-0.39, 0.29) is 29.1 Å². The van der Waals surface area contributed by atoms with Crippen LogP contribution in [-0.4, -0.2) is 29.0 Å². The molecule has 1 fully saturated rings. The Hall–Kier alpha value is -3.68. The molecule has 8 heteroatoms. The van der Waals surface area contributed by atoms with Crippen LogP contribution in [0, 0.1) is 16.0 Å². The van der Waals surface area contributed by atoms with E-state index in [1.165, 1.54) is 6.07 Å². The van der Waals surface area contributed by atoms with E-state index in [2.05, 4.69) is 4.98 Å². The number of anilines is 1. The second-order valence-electron chi connectivity index (χ2n) is 7.10. The van der Waals surface area contributed by atoms with Crippen LogP contribution in [0.25, 0.3) is 11.3 Å². The van der Waals surface area contributed by atoms with Crippen molar-refractivity contribution in [2.45, 2.75) is 19.4 Å². The molecule has 8 nitrogen and oxygen atoms in total. The van der Waals surface area contributed by atoms with Gasteiger partial charge in [0.25, 0.3) is 5.69 Å². The van der Waals surface area contributed by atoms with E-state index in [0.717, 1.165) is 5.56 Å². The van der Waals surface area contributed by atoms with Gasteiger partial charge in [0.15, 0.2) is 12.4 Å². The van der Waals surface area contributed by atoms with Gasteiger partial charge >= 0.3 is 5.97 Å². The molecule has 0 atom stereocenters. The molecule has 30 heavy (non-hydrogen) atoms. The van der Waals surface area contributed by atoms with Crippen LogP contribution in [0.2, 0.25) is 0 Å². The Morgan fingerprint density at radius 3 is 2.57 bits per heavy atom. The van der Waals surface area contributed by atoms with Gasteiger partial charge in [0.1, 0.15) is 5.69 Å².